The quantitative estimate of drug-likeness (QED) is 0.775. The van der Waals surface area contributed by atoms with Gasteiger partial charge in [-0.05, 0) is 62.1 Å². The minimum atomic E-state index is -0.408. The van der Waals surface area contributed by atoms with Crippen LogP contribution in [0.4, 0.5) is 0 Å². The van der Waals surface area contributed by atoms with Gasteiger partial charge >= 0.3 is 0 Å². The number of hydrogen-bond donors (Lipinski definition) is 2. The van der Waals surface area contributed by atoms with Gasteiger partial charge in [0, 0.05) is 4.88 Å². The molecule has 2 aromatic rings. The summed E-state index contributed by atoms with van der Waals surface area (Å²) in [7, 11) is 0. The highest BCUT2D eigenvalue weighted by molar-refractivity contribution is 7.14. The van der Waals surface area contributed by atoms with Gasteiger partial charge in [-0.2, -0.15) is 0 Å². The van der Waals surface area contributed by atoms with Gasteiger partial charge in [-0.15, -0.1) is 11.3 Å². The molecular weight excluding hydrogens is 336 g/mol. The number of ether oxygens (including phenoxy) is 1. The smallest absolute Gasteiger partial charge is 0.279 e. The average Bonchev–Trinajstić information content (AvgIpc) is 2.91. The minimum Gasteiger partial charge on any atom is -0.484 e. The third kappa shape index (κ3) is 5.60. The van der Waals surface area contributed by atoms with Crippen LogP contribution in [0, 0.1) is 20.8 Å². The van der Waals surface area contributed by atoms with E-state index in [2.05, 4.69) is 17.8 Å². The third-order valence-corrected chi connectivity index (χ3v) is 4.74. The first kappa shape index (κ1) is 19.0. The van der Waals surface area contributed by atoms with Gasteiger partial charge < -0.3 is 4.74 Å². The highest BCUT2D eigenvalue weighted by Gasteiger charge is 2.13. The monoisotopic (exact) mass is 360 g/mol. The standard InChI is InChI=1S/C19H24N2O3S/c1-5-6-15-10-17(25-14(15)4)19(23)21-20-18(22)11-24-16-8-12(2)7-13(3)9-16/h7-10H,5-6,11H2,1-4H3,(H,20,22)(H,21,23). The second-order valence-corrected chi connectivity index (χ2v) is 7.31. The average molecular weight is 360 g/mol. The summed E-state index contributed by atoms with van der Waals surface area (Å²) >= 11 is 1.43. The SMILES string of the molecule is CCCc1cc(C(=O)NNC(=O)COc2cc(C)cc(C)c2)sc1C. The number of hydrazine groups is 1. The van der Waals surface area contributed by atoms with Crippen LogP contribution in [-0.2, 0) is 11.2 Å². The van der Waals surface area contributed by atoms with Gasteiger partial charge in [-0.25, -0.2) is 0 Å². The van der Waals surface area contributed by atoms with Crippen LogP contribution in [0.5, 0.6) is 5.75 Å². The van der Waals surface area contributed by atoms with Crippen molar-refractivity contribution in [2.24, 2.45) is 0 Å². The Labute approximate surface area is 152 Å². The summed E-state index contributed by atoms with van der Waals surface area (Å²) in [6.45, 7) is 7.88. The molecule has 0 saturated carbocycles. The summed E-state index contributed by atoms with van der Waals surface area (Å²) < 4.78 is 5.46. The first-order valence-corrected chi connectivity index (χ1v) is 9.10. The van der Waals surface area contributed by atoms with E-state index in [1.807, 2.05) is 45.0 Å². The van der Waals surface area contributed by atoms with Crippen molar-refractivity contribution in [3.05, 3.63) is 50.7 Å². The first-order valence-electron chi connectivity index (χ1n) is 8.28. The first-order chi connectivity index (χ1) is 11.9. The second-order valence-electron chi connectivity index (χ2n) is 6.06. The Bertz CT molecular complexity index is 748. The lowest BCUT2D eigenvalue weighted by molar-refractivity contribution is -0.123. The van der Waals surface area contributed by atoms with Crippen LogP contribution in [0.3, 0.4) is 0 Å². The van der Waals surface area contributed by atoms with Gasteiger partial charge in [0.1, 0.15) is 5.75 Å². The zero-order valence-corrected chi connectivity index (χ0v) is 15.9. The third-order valence-electron chi connectivity index (χ3n) is 3.64. The van der Waals surface area contributed by atoms with Crippen LogP contribution >= 0.6 is 11.3 Å². The molecular formula is C19H24N2O3S. The Balaban J connectivity index is 1.83. The van der Waals surface area contributed by atoms with Crippen molar-refractivity contribution in [2.75, 3.05) is 6.61 Å². The van der Waals surface area contributed by atoms with Gasteiger partial charge in [-0.3, -0.25) is 20.4 Å². The molecule has 0 aliphatic heterocycles. The summed E-state index contributed by atoms with van der Waals surface area (Å²) in [6, 6.07) is 7.64. The molecule has 1 aromatic heterocycles. The number of thiophene rings is 1. The Morgan fingerprint density at radius 1 is 1.04 bits per heavy atom. The molecule has 0 atom stereocenters. The number of nitrogens with one attached hydrogen (secondary N) is 2. The summed E-state index contributed by atoms with van der Waals surface area (Å²) in [5.41, 5.74) is 8.14. The second kappa shape index (κ2) is 8.67. The van der Waals surface area contributed by atoms with Crippen LogP contribution in [0.25, 0.3) is 0 Å². The molecule has 0 unspecified atom stereocenters. The largest absolute Gasteiger partial charge is 0.484 e. The molecule has 2 amide bonds. The van der Waals surface area contributed by atoms with Gasteiger partial charge in [0.25, 0.3) is 11.8 Å². The van der Waals surface area contributed by atoms with Crippen molar-refractivity contribution in [3.63, 3.8) is 0 Å². The molecule has 0 fully saturated rings. The Morgan fingerprint density at radius 2 is 1.72 bits per heavy atom. The number of carbonyl (C=O) groups is 2. The Morgan fingerprint density at radius 3 is 2.36 bits per heavy atom. The molecule has 0 saturated heterocycles. The lowest BCUT2D eigenvalue weighted by Crippen LogP contribution is -2.43. The summed E-state index contributed by atoms with van der Waals surface area (Å²) in [6.07, 6.45) is 1.98. The Kier molecular flexibility index (Phi) is 6.58. The van der Waals surface area contributed by atoms with Gasteiger partial charge in [0.15, 0.2) is 6.61 Å². The molecule has 134 valence electrons. The number of rotatable bonds is 6. The molecule has 6 heteroatoms. The van der Waals surface area contributed by atoms with Crippen LogP contribution in [0.2, 0.25) is 0 Å². The van der Waals surface area contributed by atoms with Crippen molar-refractivity contribution >= 4 is 23.2 Å². The normalized spacial score (nSPS) is 10.4. The zero-order chi connectivity index (χ0) is 18.4. The topological polar surface area (TPSA) is 67.4 Å². The molecule has 0 radical (unpaired) electrons. The van der Waals surface area contributed by atoms with E-state index < -0.39 is 5.91 Å². The zero-order valence-electron chi connectivity index (χ0n) is 15.1. The van der Waals surface area contributed by atoms with E-state index in [1.54, 1.807) is 0 Å². The van der Waals surface area contributed by atoms with Crippen molar-refractivity contribution in [1.82, 2.24) is 10.9 Å². The molecule has 2 N–H and O–H groups in total. The van der Waals surface area contributed by atoms with E-state index in [0.717, 1.165) is 28.8 Å². The number of benzene rings is 1. The van der Waals surface area contributed by atoms with Crippen LogP contribution < -0.4 is 15.6 Å². The van der Waals surface area contributed by atoms with Crippen LogP contribution in [0.1, 0.15) is 44.6 Å². The van der Waals surface area contributed by atoms with E-state index in [4.69, 9.17) is 4.74 Å². The fourth-order valence-electron chi connectivity index (χ4n) is 2.54. The predicted molar refractivity (Wildman–Crippen MR) is 100 cm³/mol. The number of hydrogen-bond acceptors (Lipinski definition) is 4. The predicted octanol–water partition coefficient (Wildman–Crippen LogP) is 3.47. The molecule has 5 nitrogen and oxygen atoms in total. The molecule has 1 aromatic carbocycles. The summed E-state index contributed by atoms with van der Waals surface area (Å²) in [5.74, 6) is -0.0816. The van der Waals surface area contributed by atoms with Crippen molar-refractivity contribution in [1.29, 1.82) is 0 Å². The van der Waals surface area contributed by atoms with Gasteiger partial charge in [-0.1, -0.05) is 19.4 Å². The number of aryl methyl sites for hydroxylation is 4. The molecule has 0 bridgehead atoms. The van der Waals surface area contributed by atoms with E-state index in [-0.39, 0.29) is 12.5 Å². The lowest BCUT2D eigenvalue weighted by Gasteiger charge is -2.09. The Hall–Kier alpha value is -2.34. The molecule has 0 aliphatic rings. The van der Waals surface area contributed by atoms with Crippen LogP contribution in [-0.4, -0.2) is 18.4 Å². The van der Waals surface area contributed by atoms with Crippen molar-refractivity contribution < 1.29 is 14.3 Å². The van der Waals surface area contributed by atoms with Crippen molar-refractivity contribution in [3.8, 4) is 5.75 Å². The van der Waals surface area contributed by atoms with E-state index in [0.29, 0.717) is 10.6 Å². The minimum absolute atomic E-state index is 0.159. The maximum absolute atomic E-state index is 12.1. The van der Waals surface area contributed by atoms with Crippen LogP contribution in [0.15, 0.2) is 24.3 Å². The molecule has 0 aliphatic carbocycles. The highest BCUT2D eigenvalue weighted by atomic mass is 32.1. The van der Waals surface area contributed by atoms with E-state index in [9.17, 15) is 9.59 Å². The highest BCUT2D eigenvalue weighted by Crippen LogP contribution is 2.22. The molecule has 0 spiro atoms. The fraction of sp³-hybridized carbons (Fsp3) is 0.368. The van der Waals surface area contributed by atoms with Crippen molar-refractivity contribution in [2.45, 2.75) is 40.5 Å². The molecule has 1 heterocycles. The summed E-state index contributed by atoms with van der Waals surface area (Å²) in [4.78, 5) is 25.7. The van der Waals surface area contributed by atoms with Gasteiger partial charge in [0.05, 0.1) is 4.88 Å². The van der Waals surface area contributed by atoms with E-state index in [1.165, 1.54) is 16.9 Å². The molecule has 2 rings (SSSR count). The van der Waals surface area contributed by atoms with E-state index >= 15 is 0 Å². The number of amides is 2. The van der Waals surface area contributed by atoms with Gasteiger partial charge in [0.2, 0.25) is 0 Å². The number of carbonyl (C=O) groups excluding carboxylic acids is 2. The summed E-state index contributed by atoms with van der Waals surface area (Å²) in [5, 5.41) is 0. The lowest BCUT2D eigenvalue weighted by atomic mass is 10.1. The molecule has 25 heavy (non-hydrogen) atoms. The fourth-order valence-corrected chi connectivity index (χ4v) is 3.51. The maximum Gasteiger partial charge on any atom is 0.279 e. The maximum atomic E-state index is 12.1.